The van der Waals surface area contributed by atoms with Gasteiger partial charge >= 0.3 is 0 Å². The summed E-state index contributed by atoms with van der Waals surface area (Å²) in [7, 11) is 0. The molecule has 0 spiro atoms. The van der Waals surface area contributed by atoms with Crippen molar-refractivity contribution < 1.29 is 4.79 Å². The molecule has 1 aromatic carbocycles. The fourth-order valence-corrected chi connectivity index (χ4v) is 3.31. The average molecular weight is 360 g/mol. The van der Waals surface area contributed by atoms with Gasteiger partial charge in [0.15, 0.2) is 0 Å². The van der Waals surface area contributed by atoms with Crippen molar-refractivity contribution in [2.24, 2.45) is 0 Å². The minimum Gasteiger partial charge on any atom is -0.337 e. The molecule has 1 amide bonds. The number of carbonyl (C=O) groups is 1. The van der Waals surface area contributed by atoms with Crippen LogP contribution in [0.2, 0.25) is 5.02 Å². The standard InChI is InChI=1S/C15H20BrClN2O/c1-2-8-19(10-12-4-3-7-18-12)15(20)13-6-5-11(16)9-14(13)17/h5-6,9,12,18H,2-4,7-8,10H2,1H3. The van der Waals surface area contributed by atoms with Gasteiger partial charge in [-0.1, -0.05) is 34.5 Å². The van der Waals surface area contributed by atoms with E-state index in [1.165, 1.54) is 6.42 Å². The van der Waals surface area contributed by atoms with Crippen LogP contribution >= 0.6 is 27.5 Å². The number of hydrogen-bond acceptors (Lipinski definition) is 2. The zero-order valence-electron chi connectivity index (χ0n) is 11.7. The number of nitrogens with one attached hydrogen (secondary N) is 1. The fourth-order valence-electron chi connectivity index (χ4n) is 2.56. The van der Waals surface area contributed by atoms with Crippen molar-refractivity contribution in [3.63, 3.8) is 0 Å². The minimum absolute atomic E-state index is 0.0260. The molecular formula is C15H20BrClN2O. The Morgan fingerprint density at radius 2 is 2.35 bits per heavy atom. The predicted octanol–water partition coefficient (Wildman–Crippen LogP) is 3.71. The first-order valence-corrected chi connectivity index (χ1v) is 8.26. The van der Waals surface area contributed by atoms with E-state index in [-0.39, 0.29) is 5.91 Å². The highest BCUT2D eigenvalue weighted by molar-refractivity contribution is 9.10. The quantitative estimate of drug-likeness (QED) is 0.869. The molecule has 1 fully saturated rings. The van der Waals surface area contributed by atoms with Crippen molar-refractivity contribution in [2.45, 2.75) is 32.2 Å². The molecule has 1 unspecified atom stereocenters. The Morgan fingerprint density at radius 1 is 1.55 bits per heavy atom. The summed E-state index contributed by atoms with van der Waals surface area (Å²) in [6, 6.07) is 5.84. The van der Waals surface area contributed by atoms with Crippen LogP contribution in [0.5, 0.6) is 0 Å². The summed E-state index contributed by atoms with van der Waals surface area (Å²) in [6.45, 7) is 4.67. The monoisotopic (exact) mass is 358 g/mol. The van der Waals surface area contributed by atoms with Crippen molar-refractivity contribution in [1.82, 2.24) is 10.2 Å². The maximum Gasteiger partial charge on any atom is 0.255 e. The molecule has 1 aliphatic heterocycles. The van der Waals surface area contributed by atoms with Gasteiger partial charge in [-0.05, 0) is 44.0 Å². The first-order chi connectivity index (χ1) is 9.61. The molecule has 1 N–H and O–H groups in total. The van der Waals surface area contributed by atoms with Crippen LogP contribution in [0.4, 0.5) is 0 Å². The van der Waals surface area contributed by atoms with E-state index in [1.54, 1.807) is 12.1 Å². The molecule has 0 aromatic heterocycles. The third-order valence-corrected chi connectivity index (χ3v) is 4.35. The maximum absolute atomic E-state index is 12.7. The molecule has 20 heavy (non-hydrogen) atoms. The van der Waals surface area contributed by atoms with Gasteiger partial charge in [-0.25, -0.2) is 0 Å². The van der Waals surface area contributed by atoms with Crippen LogP contribution in [-0.2, 0) is 0 Å². The van der Waals surface area contributed by atoms with Gasteiger partial charge in [0.2, 0.25) is 0 Å². The summed E-state index contributed by atoms with van der Waals surface area (Å²) >= 11 is 9.56. The SMILES string of the molecule is CCCN(CC1CCCN1)C(=O)c1ccc(Br)cc1Cl. The highest BCUT2D eigenvalue weighted by Crippen LogP contribution is 2.23. The lowest BCUT2D eigenvalue weighted by Crippen LogP contribution is -2.41. The second-order valence-corrected chi connectivity index (χ2v) is 6.49. The maximum atomic E-state index is 12.7. The Hall–Kier alpha value is -0.580. The van der Waals surface area contributed by atoms with E-state index in [9.17, 15) is 4.79 Å². The largest absolute Gasteiger partial charge is 0.337 e. The van der Waals surface area contributed by atoms with Gasteiger partial charge in [0.25, 0.3) is 5.91 Å². The zero-order valence-corrected chi connectivity index (χ0v) is 14.0. The topological polar surface area (TPSA) is 32.3 Å². The van der Waals surface area contributed by atoms with E-state index in [1.807, 2.05) is 11.0 Å². The molecule has 1 aromatic rings. The molecule has 1 saturated heterocycles. The summed E-state index contributed by atoms with van der Waals surface area (Å²) < 4.78 is 0.888. The fraction of sp³-hybridized carbons (Fsp3) is 0.533. The number of rotatable bonds is 5. The normalized spacial score (nSPS) is 18.2. The number of nitrogens with zero attached hydrogens (tertiary/aromatic N) is 1. The van der Waals surface area contributed by atoms with Crippen molar-refractivity contribution in [2.75, 3.05) is 19.6 Å². The molecule has 110 valence electrons. The van der Waals surface area contributed by atoms with Gasteiger partial charge in [0.1, 0.15) is 0 Å². The molecule has 5 heteroatoms. The number of benzene rings is 1. The van der Waals surface area contributed by atoms with Crippen LogP contribution in [0.3, 0.4) is 0 Å². The third kappa shape index (κ3) is 3.96. The molecular weight excluding hydrogens is 340 g/mol. The molecule has 1 aliphatic rings. The van der Waals surface area contributed by atoms with Crippen LogP contribution in [0, 0.1) is 0 Å². The summed E-state index contributed by atoms with van der Waals surface area (Å²) in [5.41, 5.74) is 0.585. The Balaban J connectivity index is 2.12. The Morgan fingerprint density at radius 3 is 2.95 bits per heavy atom. The number of amides is 1. The molecule has 0 saturated carbocycles. The van der Waals surface area contributed by atoms with Crippen LogP contribution in [0.1, 0.15) is 36.5 Å². The average Bonchev–Trinajstić information content (AvgIpc) is 2.90. The van der Waals surface area contributed by atoms with Crippen LogP contribution in [-0.4, -0.2) is 36.5 Å². The third-order valence-electron chi connectivity index (χ3n) is 3.55. The summed E-state index contributed by atoms with van der Waals surface area (Å²) in [6.07, 6.45) is 3.28. The molecule has 0 radical (unpaired) electrons. The summed E-state index contributed by atoms with van der Waals surface area (Å²) in [5, 5.41) is 3.95. The highest BCUT2D eigenvalue weighted by Gasteiger charge is 2.23. The molecule has 2 rings (SSSR count). The predicted molar refractivity (Wildman–Crippen MR) is 86.4 cm³/mol. The second-order valence-electron chi connectivity index (χ2n) is 5.17. The molecule has 0 bridgehead atoms. The van der Waals surface area contributed by atoms with Crippen molar-refractivity contribution in [3.05, 3.63) is 33.3 Å². The van der Waals surface area contributed by atoms with Crippen molar-refractivity contribution in [1.29, 1.82) is 0 Å². The lowest BCUT2D eigenvalue weighted by molar-refractivity contribution is 0.0742. The van der Waals surface area contributed by atoms with Gasteiger partial charge in [-0.15, -0.1) is 0 Å². The van der Waals surface area contributed by atoms with E-state index in [0.29, 0.717) is 16.6 Å². The van der Waals surface area contributed by atoms with Crippen LogP contribution in [0.25, 0.3) is 0 Å². The van der Waals surface area contributed by atoms with Crippen molar-refractivity contribution in [3.8, 4) is 0 Å². The smallest absolute Gasteiger partial charge is 0.255 e. The Bertz CT molecular complexity index is 475. The van der Waals surface area contributed by atoms with Crippen LogP contribution in [0.15, 0.2) is 22.7 Å². The van der Waals surface area contributed by atoms with E-state index < -0.39 is 0 Å². The lowest BCUT2D eigenvalue weighted by Gasteiger charge is -2.26. The van der Waals surface area contributed by atoms with Gasteiger partial charge < -0.3 is 10.2 Å². The van der Waals surface area contributed by atoms with Gasteiger partial charge in [0.05, 0.1) is 10.6 Å². The number of carbonyl (C=O) groups excluding carboxylic acids is 1. The lowest BCUT2D eigenvalue weighted by atomic mass is 10.1. The molecule has 1 heterocycles. The molecule has 0 aliphatic carbocycles. The van der Waals surface area contributed by atoms with Crippen molar-refractivity contribution >= 4 is 33.4 Å². The van der Waals surface area contributed by atoms with E-state index in [2.05, 4.69) is 28.2 Å². The Kier molecular flexibility index (Phi) is 5.87. The highest BCUT2D eigenvalue weighted by atomic mass is 79.9. The number of halogens is 2. The number of hydrogen-bond donors (Lipinski definition) is 1. The van der Waals surface area contributed by atoms with E-state index in [0.717, 1.165) is 36.9 Å². The zero-order chi connectivity index (χ0) is 14.5. The van der Waals surface area contributed by atoms with Gasteiger partial charge in [-0.3, -0.25) is 4.79 Å². The van der Waals surface area contributed by atoms with Gasteiger partial charge in [0, 0.05) is 23.6 Å². The van der Waals surface area contributed by atoms with Crippen LogP contribution < -0.4 is 5.32 Å². The summed E-state index contributed by atoms with van der Waals surface area (Å²) in [4.78, 5) is 14.6. The Labute approximate surface area is 133 Å². The first-order valence-electron chi connectivity index (χ1n) is 7.09. The van der Waals surface area contributed by atoms with Gasteiger partial charge in [-0.2, -0.15) is 0 Å². The van der Waals surface area contributed by atoms with E-state index >= 15 is 0 Å². The molecule has 3 nitrogen and oxygen atoms in total. The summed E-state index contributed by atoms with van der Waals surface area (Å²) in [5.74, 6) is 0.0260. The first kappa shape index (κ1) is 15.8. The van der Waals surface area contributed by atoms with E-state index in [4.69, 9.17) is 11.6 Å². The molecule has 1 atom stereocenters. The second kappa shape index (κ2) is 7.43. The minimum atomic E-state index is 0.0260.